The van der Waals surface area contributed by atoms with Gasteiger partial charge in [0, 0.05) is 13.1 Å². The quantitative estimate of drug-likeness (QED) is 0.658. The standard InChI is InChI=1S/C6H10ClN5O/c7-3-5-11-10-4-12(5)2-1-9-6(8)13/h4H,1-3H2,(H3,8,9,13). The average molecular weight is 204 g/mol. The number of hydrogen-bond acceptors (Lipinski definition) is 3. The Kier molecular flexibility index (Phi) is 3.51. The maximum atomic E-state index is 10.3. The van der Waals surface area contributed by atoms with Crippen molar-refractivity contribution in [3.8, 4) is 0 Å². The van der Waals surface area contributed by atoms with Crippen LogP contribution in [0.4, 0.5) is 4.79 Å². The Hall–Kier alpha value is -1.30. The van der Waals surface area contributed by atoms with E-state index in [9.17, 15) is 4.79 Å². The van der Waals surface area contributed by atoms with E-state index in [1.165, 1.54) is 0 Å². The normalized spacial score (nSPS) is 9.92. The van der Waals surface area contributed by atoms with Gasteiger partial charge < -0.3 is 15.6 Å². The van der Waals surface area contributed by atoms with Crippen molar-refractivity contribution in [3.05, 3.63) is 12.2 Å². The summed E-state index contributed by atoms with van der Waals surface area (Å²) in [6.07, 6.45) is 1.56. The Labute approximate surface area is 80.1 Å². The molecular weight excluding hydrogens is 194 g/mol. The molecule has 6 nitrogen and oxygen atoms in total. The number of primary amides is 1. The molecule has 0 saturated heterocycles. The molecule has 1 aromatic rings. The molecule has 0 saturated carbocycles. The fourth-order valence-corrected chi connectivity index (χ4v) is 1.08. The first kappa shape index (κ1) is 9.79. The Balaban J connectivity index is 2.40. The van der Waals surface area contributed by atoms with E-state index in [-0.39, 0.29) is 0 Å². The molecule has 0 bridgehead atoms. The zero-order chi connectivity index (χ0) is 9.68. The lowest BCUT2D eigenvalue weighted by Crippen LogP contribution is -2.32. The highest BCUT2D eigenvalue weighted by Gasteiger charge is 2.01. The lowest BCUT2D eigenvalue weighted by atomic mass is 10.5. The van der Waals surface area contributed by atoms with E-state index in [1.807, 2.05) is 0 Å². The van der Waals surface area contributed by atoms with Gasteiger partial charge in [-0.3, -0.25) is 0 Å². The Morgan fingerprint density at radius 3 is 3.15 bits per heavy atom. The van der Waals surface area contributed by atoms with Crippen LogP contribution in [0.3, 0.4) is 0 Å². The van der Waals surface area contributed by atoms with Crippen LogP contribution in [0.1, 0.15) is 5.82 Å². The number of hydrogen-bond donors (Lipinski definition) is 2. The summed E-state index contributed by atoms with van der Waals surface area (Å²) in [5, 5.41) is 9.90. The average Bonchev–Trinajstić information content (AvgIpc) is 2.51. The summed E-state index contributed by atoms with van der Waals surface area (Å²) in [6.45, 7) is 1.01. The van der Waals surface area contributed by atoms with Crippen LogP contribution in [-0.4, -0.2) is 27.3 Å². The molecule has 72 valence electrons. The minimum absolute atomic E-state index is 0.302. The van der Waals surface area contributed by atoms with Gasteiger partial charge >= 0.3 is 6.03 Å². The molecule has 2 amide bonds. The summed E-state index contributed by atoms with van der Waals surface area (Å²) in [5.74, 6) is 0.976. The number of carbonyl (C=O) groups is 1. The molecule has 13 heavy (non-hydrogen) atoms. The first-order valence-corrected chi connectivity index (χ1v) is 4.23. The summed E-state index contributed by atoms with van der Waals surface area (Å²) in [6, 6.07) is -0.541. The molecule has 0 unspecified atom stereocenters. The number of urea groups is 1. The van der Waals surface area contributed by atoms with Gasteiger partial charge in [0.05, 0.1) is 5.88 Å². The van der Waals surface area contributed by atoms with Gasteiger partial charge in [-0.25, -0.2) is 4.79 Å². The van der Waals surface area contributed by atoms with Crippen LogP contribution >= 0.6 is 11.6 Å². The van der Waals surface area contributed by atoms with Crippen molar-refractivity contribution in [2.45, 2.75) is 12.4 Å². The molecule has 1 aromatic heterocycles. The topological polar surface area (TPSA) is 85.8 Å². The van der Waals surface area contributed by atoms with Crippen LogP contribution in [0.15, 0.2) is 6.33 Å². The zero-order valence-corrected chi connectivity index (χ0v) is 7.66. The van der Waals surface area contributed by atoms with Gasteiger partial charge in [-0.2, -0.15) is 0 Å². The molecule has 0 aliphatic rings. The van der Waals surface area contributed by atoms with Crippen molar-refractivity contribution in [3.63, 3.8) is 0 Å². The molecular formula is C6H10ClN5O. The van der Waals surface area contributed by atoms with E-state index in [0.29, 0.717) is 24.8 Å². The van der Waals surface area contributed by atoms with E-state index >= 15 is 0 Å². The number of aromatic nitrogens is 3. The molecule has 1 heterocycles. The number of alkyl halides is 1. The summed E-state index contributed by atoms with van der Waals surface area (Å²) in [4.78, 5) is 10.3. The molecule has 0 aliphatic carbocycles. The van der Waals surface area contributed by atoms with Crippen molar-refractivity contribution in [1.29, 1.82) is 0 Å². The molecule has 1 rings (SSSR count). The number of rotatable bonds is 4. The van der Waals surface area contributed by atoms with Crippen LogP contribution in [-0.2, 0) is 12.4 Å². The maximum Gasteiger partial charge on any atom is 0.312 e. The van der Waals surface area contributed by atoms with Crippen molar-refractivity contribution >= 4 is 17.6 Å². The smallest absolute Gasteiger partial charge is 0.312 e. The van der Waals surface area contributed by atoms with Gasteiger partial charge in [0.25, 0.3) is 0 Å². The van der Waals surface area contributed by atoms with Gasteiger partial charge in [0.1, 0.15) is 12.2 Å². The molecule has 0 aliphatic heterocycles. The van der Waals surface area contributed by atoms with Crippen LogP contribution in [0, 0.1) is 0 Å². The predicted octanol–water partition coefficient (Wildman–Crippen LogP) is -0.315. The van der Waals surface area contributed by atoms with Crippen LogP contribution in [0.2, 0.25) is 0 Å². The molecule has 0 aromatic carbocycles. The maximum absolute atomic E-state index is 10.3. The van der Waals surface area contributed by atoms with Crippen molar-refractivity contribution in [2.24, 2.45) is 5.73 Å². The van der Waals surface area contributed by atoms with E-state index in [2.05, 4.69) is 15.5 Å². The Bertz CT molecular complexity index is 286. The second kappa shape index (κ2) is 4.66. The minimum atomic E-state index is -0.541. The summed E-state index contributed by atoms with van der Waals surface area (Å²) in [7, 11) is 0. The first-order chi connectivity index (χ1) is 6.24. The number of amides is 2. The van der Waals surface area contributed by atoms with Crippen LogP contribution in [0.5, 0.6) is 0 Å². The highest BCUT2D eigenvalue weighted by molar-refractivity contribution is 6.16. The third-order valence-electron chi connectivity index (χ3n) is 1.47. The highest BCUT2D eigenvalue weighted by atomic mass is 35.5. The minimum Gasteiger partial charge on any atom is -0.352 e. The van der Waals surface area contributed by atoms with E-state index in [4.69, 9.17) is 17.3 Å². The number of nitrogens with zero attached hydrogens (tertiary/aromatic N) is 3. The van der Waals surface area contributed by atoms with E-state index < -0.39 is 6.03 Å². The number of halogens is 1. The van der Waals surface area contributed by atoms with Crippen molar-refractivity contribution < 1.29 is 4.79 Å². The monoisotopic (exact) mass is 203 g/mol. The number of carbonyl (C=O) groups excluding carboxylic acids is 1. The summed E-state index contributed by atoms with van der Waals surface area (Å²) in [5.41, 5.74) is 4.89. The van der Waals surface area contributed by atoms with Crippen molar-refractivity contribution in [1.82, 2.24) is 20.1 Å². The summed E-state index contributed by atoms with van der Waals surface area (Å²) >= 11 is 5.58. The second-order valence-corrected chi connectivity index (χ2v) is 2.63. The molecule has 0 atom stereocenters. The third kappa shape index (κ3) is 2.90. The SMILES string of the molecule is NC(=O)NCCn1cnnc1CCl. The van der Waals surface area contributed by atoms with Crippen LogP contribution in [0.25, 0.3) is 0 Å². The lowest BCUT2D eigenvalue weighted by molar-refractivity contribution is 0.248. The third-order valence-corrected chi connectivity index (χ3v) is 1.71. The van der Waals surface area contributed by atoms with Gasteiger partial charge in [0.2, 0.25) is 0 Å². The van der Waals surface area contributed by atoms with Gasteiger partial charge in [-0.15, -0.1) is 21.8 Å². The van der Waals surface area contributed by atoms with Crippen LogP contribution < -0.4 is 11.1 Å². The highest BCUT2D eigenvalue weighted by Crippen LogP contribution is 1.97. The fraction of sp³-hybridized carbons (Fsp3) is 0.500. The number of nitrogens with two attached hydrogens (primary N) is 1. The number of nitrogens with one attached hydrogen (secondary N) is 1. The first-order valence-electron chi connectivity index (χ1n) is 3.70. The lowest BCUT2D eigenvalue weighted by Gasteiger charge is -2.04. The van der Waals surface area contributed by atoms with Gasteiger partial charge in [-0.05, 0) is 0 Å². The molecule has 0 radical (unpaired) electrons. The largest absolute Gasteiger partial charge is 0.352 e. The van der Waals surface area contributed by atoms with E-state index in [0.717, 1.165) is 0 Å². The molecule has 0 spiro atoms. The Morgan fingerprint density at radius 2 is 2.54 bits per heavy atom. The van der Waals surface area contributed by atoms with Gasteiger partial charge in [-0.1, -0.05) is 0 Å². The molecule has 0 fully saturated rings. The van der Waals surface area contributed by atoms with Gasteiger partial charge in [0.15, 0.2) is 0 Å². The summed E-state index contributed by atoms with van der Waals surface area (Å²) < 4.78 is 1.75. The second-order valence-electron chi connectivity index (χ2n) is 2.37. The predicted molar refractivity (Wildman–Crippen MR) is 47.2 cm³/mol. The van der Waals surface area contributed by atoms with Crippen molar-refractivity contribution in [2.75, 3.05) is 6.54 Å². The van der Waals surface area contributed by atoms with E-state index in [1.54, 1.807) is 10.9 Å². The fourth-order valence-electron chi connectivity index (χ4n) is 0.869. The molecule has 7 heteroatoms. The molecule has 3 N–H and O–H groups in total. The Morgan fingerprint density at radius 1 is 1.77 bits per heavy atom. The zero-order valence-electron chi connectivity index (χ0n) is 6.90.